The fourth-order valence-corrected chi connectivity index (χ4v) is 12.3. The number of pyridine rings is 2. The van der Waals surface area contributed by atoms with Gasteiger partial charge in [-0.25, -0.2) is 0 Å². The SMILES string of the molecule is CCCCCc1ccc(C(C)C2CCC([C@H]3CC[C@H](CCCC)CC3)CC2)nc1.CCCCc1ccc(C(C)C2CCC([C@H]3CC[C@H](CCCC)CC3)CC2)nc1. The van der Waals surface area contributed by atoms with Crippen LogP contribution in [0, 0.1) is 47.3 Å². The van der Waals surface area contributed by atoms with Crippen LogP contribution in [0.25, 0.3) is 0 Å². The van der Waals surface area contributed by atoms with Gasteiger partial charge in [0.25, 0.3) is 0 Å². The van der Waals surface area contributed by atoms with Gasteiger partial charge in [-0.1, -0.05) is 137 Å². The van der Waals surface area contributed by atoms with Crippen LogP contribution in [-0.2, 0) is 12.8 Å². The first-order valence-electron chi connectivity index (χ1n) is 25.8. The molecule has 57 heavy (non-hydrogen) atoms. The number of nitrogens with zero attached hydrogens (tertiary/aromatic N) is 2. The fourth-order valence-electron chi connectivity index (χ4n) is 12.3. The maximum Gasteiger partial charge on any atom is 0.0434 e. The highest BCUT2D eigenvalue weighted by Crippen LogP contribution is 2.46. The zero-order valence-electron chi connectivity index (χ0n) is 38.6. The molecule has 2 heterocycles. The Labute approximate surface area is 354 Å². The van der Waals surface area contributed by atoms with Gasteiger partial charge in [0.15, 0.2) is 0 Å². The standard InChI is InChI=1S/C28H47N.C27H45N/c1-4-6-8-10-24-13-20-28(29-21-24)22(3)25-16-18-27(19-17-25)26-14-11-23(12-15-26)9-7-5-2;1-4-6-8-22-10-13-25(14-11-22)26-17-15-24(16-18-26)21(3)27-19-12-23(20-28-27)9-7-5-2/h13,20-23,25-27H,4-12,14-19H2,1-3H3;12,19-22,24-26H,4-11,13-18H2,1-3H3/t22?,23-,25?,26-,27?;21?,22-,24?,25-,26?. The predicted molar refractivity (Wildman–Crippen MR) is 248 cm³/mol. The van der Waals surface area contributed by atoms with Crippen LogP contribution in [0.4, 0.5) is 0 Å². The van der Waals surface area contributed by atoms with E-state index in [2.05, 4.69) is 78.2 Å². The molecule has 2 atom stereocenters. The van der Waals surface area contributed by atoms with Crippen LogP contribution in [0.1, 0.15) is 249 Å². The van der Waals surface area contributed by atoms with E-state index in [-0.39, 0.29) is 0 Å². The summed E-state index contributed by atoms with van der Waals surface area (Å²) in [7, 11) is 0. The average Bonchev–Trinajstić information content (AvgIpc) is 3.27. The van der Waals surface area contributed by atoms with Crippen LogP contribution >= 0.6 is 0 Å². The molecule has 2 heteroatoms. The van der Waals surface area contributed by atoms with Crippen molar-refractivity contribution < 1.29 is 0 Å². The Morgan fingerprint density at radius 1 is 0.421 bits per heavy atom. The van der Waals surface area contributed by atoms with Gasteiger partial charge in [-0.2, -0.15) is 0 Å². The molecule has 0 aromatic carbocycles. The van der Waals surface area contributed by atoms with Crippen molar-refractivity contribution in [2.24, 2.45) is 47.3 Å². The molecule has 4 saturated carbocycles. The highest BCUT2D eigenvalue weighted by Gasteiger charge is 2.34. The quantitative estimate of drug-likeness (QED) is 0.133. The summed E-state index contributed by atoms with van der Waals surface area (Å²) in [5.41, 5.74) is 5.51. The van der Waals surface area contributed by atoms with Gasteiger partial charge in [-0.3, -0.25) is 9.97 Å². The van der Waals surface area contributed by atoms with Gasteiger partial charge < -0.3 is 0 Å². The molecule has 0 radical (unpaired) electrons. The molecule has 2 aromatic rings. The topological polar surface area (TPSA) is 25.8 Å². The molecule has 4 aliphatic rings. The largest absolute Gasteiger partial charge is 0.261 e. The Hall–Kier alpha value is -1.70. The van der Waals surface area contributed by atoms with E-state index >= 15 is 0 Å². The van der Waals surface area contributed by atoms with Crippen LogP contribution in [0.2, 0.25) is 0 Å². The van der Waals surface area contributed by atoms with Gasteiger partial charge in [0.05, 0.1) is 0 Å². The Morgan fingerprint density at radius 3 is 1.11 bits per heavy atom. The maximum absolute atomic E-state index is 4.87. The van der Waals surface area contributed by atoms with Crippen LogP contribution in [0.3, 0.4) is 0 Å². The van der Waals surface area contributed by atoms with E-state index in [9.17, 15) is 0 Å². The molecule has 6 rings (SSSR count). The van der Waals surface area contributed by atoms with E-state index < -0.39 is 0 Å². The van der Waals surface area contributed by atoms with E-state index in [0.717, 1.165) is 47.3 Å². The van der Waals surface area contributed by atoms with Crippen LogP contribution < -0.4 is 0 Å². The van der Waals surface area contributed by atoms with Crippen molar-refractivity contribution in [2.75, 3.05) is 0 Å². The van der Waals surface area contributed by atoms with E-state index in [0.29, 0.717) is 11.8 Å². The minimum atomic E-state index is 0.630. The lowest BCUT2D eigenvalue weighted by molar-refractivity contribution is 0.136. The van der Waals surface area contributed by atoms with Crippen molar-refractivity contribution in [3.63, 3.8) is 0 Å². The summed E-state index contributed by atoms with van der Waals surface area (Å²) < 4.78 is 0. The molecule has 322 valence electrons. The van der Waals surface area contributed by atoms with Gasteiger partial charge in [-0.05, 0) is 173 Å². The normalized spacial score (nSPS) is 29.2. The third kappa shape index (κ3) is 15.1. The summed E-state index contributed by atoms with van der Waals surface area (Å²) in [4.78, 5) is 9.72. The number of unbranched alkanes of at least 4 members (excludes halogenated alkanes) is 5. The molecule has 0 saturated heterocycles. The number of hydrogen-bond acceptors (Lipinski definition) is 2. The molecule has 0 amide bonds. The van der Waals surface area contributed by atoms with Gasteiger partial charge in [0.2, 0.25) is 0 Å². The van der Waals surface area contributed by atoms with Crippen molar-refractivity contribution >= 4 is 0 Å². The Morgan fingerprint density at radius 2 is 0.772 bits per heavy atom. The lowest BCUT2D eigenvalue weighted by Gasteiger charge is -2.39. The van der Waals surface area contributed by atoms with E-state index in [1.807, 2.05) is 0 Å². The molecule has 0 N–H and O–H groups in total. The minimum Gasteiger partial charge on any atom is -0.261 e. The van der Waals surface area contributed by atoms with Gasteiger partial charge in [-0.15, -0.1) is 0 Å². The Bertz CT molecular complexity index is 1280. The summed E-state index contributed by atoms with van der Waals surface area (Å²) in [6.45, 7) is 14.1. The first kappa shape index (κ1) is 46.4. The Balaban J connectivity index is 0.000000218. The Kier molecular flexibility index (Phi) is 21.0. The van der Waals surface area contributed by atoms with Crippen molar-refractivity contribution in [1.29, 1.82) is 0 Å². The zero-order chi connectivity index (χ0) is 40.2. The minimum absolute atomic E-state index is 0.630. The number of aryl methyl sites for hydroxylation is 2. The van der Waals surface area contributed by atoms with Crippen molar-refractivity contribution in [3.8, 4) is 0 Å². The molecular weight excluding hydrogens is 689 g/mol. The van der Waals surface area contributed by atoms with Crippen LogP contribution in [-0.4, -0.2) is 9.97 Å². The second kappa shape index (κ2) is 25.8. The number of hydrogen-bond donors (Lipinski definition) is 0. The van der Waals surface area contributed by atoms with Gasteiger partial charge >= 0.3 is 0 Å². The highest BCUT2D eigenvalue weighted by molar-refractivity contribution is 5.18. The molecule has 2 aromatic heterocycles. The molecule has 0 aliphatic heterocycles. The average molecular weight is 781 g/mol. The number of aromatic nitrogens is 2. The summed E-state index contributed by atoms with van der Waals surface area (Å²) in [6.07, 6.45) is 45.7. The van der Waals surface area contributed by atoms with Gasteiger partial charge in [0.1, 0.15) is 0 Å². The van der Waals surface area contributed by atoms with E-state index in [4.69, 9.17) is 9.97 Å². The molecule has 4 fully saturated rings. The third-order valence-corrected chi connectivity index (χ3v) is 16.6. The lowest BCUT2D eigenvalue weighted by atomic mass is 9.67. The van der Waals surface area contributed by atoms with Crippen LogP contribution in [0.5, 0.6) is 0 Å². The smallest absolute Gasteiger partial charge is 0.0434 e. The van der Waals surface area contributed by atoms with Gasteiger partial charge in [0, 0.05) is 35.6 Å². The van der Waals surface area contributed by atoms with Crippen molar-refractivity contribution in [3.05, 3.63) is 59.2 Å². The zero-order valence-corrected chi connectivity index (χ0v) is 38.6. The maximum atomic E-state index is 4.87. The monoisotopic (exact) mass is 781 g/mol. The van der Waals surface area contributed by atoms with Crippen LogP contribution in [0.15, 0.2) is 36.7 Å². The molecular formula is C55H92N2. The summed E-state index contributed by atoms with van der Waals surface area (Å²) >= 11 is 0. The molecule has 2 nitrogen and oxygen atoms in total. The number of rotatable bonds is 19. The molecule has 4 aliphatic carbocycles. The van der Waals surface area contributed by atoms with Crippen molar-refractivity contribution in [2.45, 2.75) is 240 Å². The fraction of sp³-hybridized carbons (Fsp3) is 0.818. The predicted octanol–water partition coefficient (Wildman–Crippen LogP) is 17.1. The third-order valence-electron chi connectivity index (χ3n) is 16.6. The summed E-state index contributed by atoms with van der Waals surface area (Å²) in [5, 5.41) is 0. The van der Waals surface area contributed by atoms with E-state index in [1.165, 1.54) is 209 Å². The highest BCUT2D eigenvalue weighted by atomic mass is 14.7. The van der Waals surface area contributed by atoms with Crippen molar-refractivity contribution in [1.82, 2.24) is 9.97 Å². The molecule has 0 bridgehead atoms. The molecule has 0 spiro atoms. The summed E-state index contributed by atoms with van der Waals surface area (Å²) in [5.74, 6) is 9.22. The van der Waals surface area contributed by atoms with E-state index in [1.54, 1.807) is 0 Å². The molecule has 2 unspecified atom stereocenters. The first-order valence-corrected chi connectivity index (χ1v) is 25.8. The first-order chi connectivity index (χ1) is 27.9. The second-order valence-electron chi connectivity index (χ2n) is 20.5. The summed E-state index contributed by atoms with van der Waals surface area (Å²) in [6, 6.07) is 9.32. The lowest BCUT2D eigenvalue weighted by Crippen LogP contribution is -2.27. The second-order valence-corrected chi connectivity index (χ2v) is 20.5.